The summed E-state index contributed by atoms with van der Waals surface area (Å²) in [5, 5.41) is 0. The normalized spacial score (nSPS) is 17.0. The minimum atomic E-state index is -3.72. The molecule has 0 atom stereocenters. The second-order valence-corrected chi connectivity index (χ2v) is 9.29. The van der Waals surface area contributed by atoms with Gasteiger partial charge in [0.1, 0.15) is 25.6 Å². The Morgan fingerprint density at radius 2 is 1.78 bits per heavy atom. The second kappa shape index (κ2) is 9.21. The Bertz CT molecular complexity index is 1100. The van der Waals surface area contributed by atoms with Gasteiger partial charge in [0.2, 0.25) is 15.8 Å². The second-order valence-electron chi connectivity index (χ2n) is 7.35. The molecule has 0 bridgehead atoms. The summed E-state index contributed by atoms with van der Waals surface area (Å²) in [6.45, 7) is 1.07. The number of piperidine rings is 1. The van der Waals surface area contributed by atoms with Crippen molar-refractivity contribution in [3.8, 4) is 11.5 Å². The van der Waals surface area contributed by atoms with Crippen LogP contribution in [0.15, 0.2) is 39.6 Å². The highest BCUT2D eigenvalue weighted by Crippen LogP contribution is 2.34. The third kappa shape index (κ3) is 4.58. The largest absolute Gasteiger partial charge is 0.486 e. The lowest BCUT2D eigenvalue weighted by Crippen LogP contribution is -2.40. The van der Waals surface area contributed by atoms with Gasteiger partial charge in [0.25, 0.3) is 0 Å². The fourth-order valence-corrected chi connectivity index (χ4v) is 5.08. The molecule has 11 heteroatoms. The van der Waals surface area contributed by atoms with Gasteiger partial charge < -0.3 is 23.4 Å². The Morgan fingerprint density at radius 1 is 1.06 bits per heavy atom. The molecule has 1 fully saturated rings. The highest BCUT2D eigenvalue weighted by Gasteiger charge is 2.33. The number of carbonyl (C=O) groups is 2. The van der Waals surface area contributed by atoms with E-state index in [1.165, 1.54) is 35.7 Å². The topological polar surface area (TPSA) is 122 Å². The van der Waals surface area contributed by atoms with Gasteiger partial charge >= 0.3 is 11.9 Å². The molecule has 2 aliphatic heterocycles. The van der Waals surface area contributed by atoms with Gasteiger partial charge in [0.05, 0.1) is 17.9 Å². The Hall–Kier alpha value is -3.05. The molecule has 0 amide bonds. The summed E-state index contributed by atoms with van der Waals surface area (Å²) in [6, 6.07) is 7.52. The first kappa shape index (κ1) is 22.2. The highest BCUT2D eigenvalue weighted by atomic mass is 32.2. The molecule has 1 saturated heterocycles. The van der Waals surface area contributed by atoms with Crippen molar-refractivity contribution in [3.63, 3.8) is 0 Å². The SMILES string of the molecule is COC(=O)c1ccc(COC(=O)C2CCN(S(=O)(=O)c3ccc4c(c3)OCCO4)CC2)o1. The van der Waals surface area contributed by atoms with E-state index in [2.05, 4.69) is 4.74 Å². The van der Waals surface area contributed by atoms with E-state index >= 15 is 0 Å². The quantitative estimate of drug-likeness (QED) is 0.589. The molecule has 10 nitrogen and oxygen atoms in total. The predicted molar refractivity (Wildman–Crippen MR) is 109 cm³/mol. The van der Waals surface area contributed by atoms with Crippen LogP contribution in [0.4, 0.5) is 0 Å². The number of ether oxygens (including phenoxy) is 4. The van der Waals surface area contributed by atoms with Crippen molar-refractivity contribution in [2.24, 2.45) is 5.92 Å². The van der Waals surface area contributed by atoms with Crippen molar-refractivity contribution in [1.82, 2.24) is 4.31 Å². The molecule has 3 heterocycles. The van der Waals surface area contributed by atoms with Crippen molar-refractivity contribution in [2.75, 3.05) is 33.4 Å². The molecule has 2 aliphatic rings. The van der Waals surface area contributed by atoms with Crippen molar-refractivity contribution >= 4 is 22.0 Å². The van der Waals surface area contributed by atoms with Gasteiger partial charge in [-0.2, -0.15) is 4.31 Å². The third-order valence-corrected chi connectivity index (χ3v) is 7.24. The van der Waals surface area contributed by atoms with Gasteiger partial charge in [-0.25, -0.2) is 13.2 Å². The average Bonchev–Trinajstić information content (AvgIpc) is 3.31. The number of fused-ring (bicyclic) bond motifs is 1. The number of benzene rings is 1. The van der Waals surface area contributed by atoms with Gasteiger partial charge in [-0.15, -0.1) is 0 Å². The zero-order valence-electron chi connectivity index (χ0n) is 17.4. The van der Waals surface area contributed by atoms with Gasteiger partial charge in [-0.3, -0.25) is 4.79 Å². The number of carbonyl (C=O) groups excluding carboxylic acids is 2. The summed E-state index contributed by atoms with van der Waals surface area (Å²) in [4.78, 5) is 23.9. The van der Waals surface area contributed by atoms with Crippen LogP contribution < -0.4 is 9.47 Å². The van der Waals surface area contributed by atoms with E-state index in [0.717, 1.165) is 0 Å². The molecule has 1 aromatic carbocycles. The van der Waals surface area contributed by atoms with Crippen LogP contribution in [0, 0.1) is 5.92 Å². The number of hydrogen-bond donors (Lipinski definition) is 0. The highest BCUT2D eigenvalue weighted by molar-refractivity contribution is 7.89. The number of rotatable bonds is 6. The van der Waals surface area contributed by atoms with Crippen molar-refractivity contribution in [3.05, 3.63) is 41.9 Å². The summed E-state index contributed by atoms with van der Waals surface area (Å²) < 4.78 is 53.4. The van der Waals surface area contributed by atoms with Crippen molar-refractivity contribution < 1.29 is 41.4 Å². The first-order valence-electron chi connectivity index (χ1n) is 10.1. The summed E-state index contributed by atoms with van der Waals surface area (Å²) in [7, 11) is -2.48. The van der Waals surface area contributed by atoms with E-state index in [9.17, 15) is 18.0 Å². The minimum absolute atomic E-state index is 0.0243. The summed E-state index contributed by atoms with van der Waals surface area (Å²) in [5.74, 6) is -0.201. The summed E-state index contributed by atoms with van der Waals surface area (Å²) in [5.41, 5.74) is 0. The number of sulfonamides is 1. The minimum Gasteiger partial charge on any atom is -0.486 e. The smallest absolute Gasteiger partial charge is 0.373 e. The first-order valence-corrected chi connectivity index (χ1v) is 11.6. The zero-order valence-corrected chi connectivity index (χ0v) is 18.3. The standard InChI is InChI=1S/C21H23NO9S/c1-27-21(24)18-4-2-15(31-18)13-30-20(23)14-6-8-22(9-7-14)32(25,26)16-3-5-17-19(12-16)29-11-10-28-17/h2-5,12,14H,6-11,13H2,1H3. The van der Waals surface area contributed by atoms with Gasteiger partial charge in [0.15, 0.2) is 11.5 Å². The Labute approximate surface area is 185 Å². The zero-order chi connectivity index (χ0) is 22.7. The summed E-state index contributed by atoms with van der Waals surface area (Å²) in [6.07, 6.45) is 0.683. The lowest BCUT2D eigenvalue weighted by molar-refractivity contribution is -0.151. The molecule has 0 aliphatic carbocycles. The Kier molecular flexibility index (Phi) is 6.38. The fraction of sp³-hybridized carbons (Fsp3) is 0.429. The average molecular weight is 465 g/mol. The number of esters is 2. The van der Waals surface area contributed by atoms with Gasteiger partial charge in [-0.05, 0) is 37.1 Å². The molecular weight excluding hydrogens is 442 g/mol. The molecule has 0 radical (unpaired) electrons. The number of hydrogen-bond acceptors (Lipinski definition) is 9. The molecule has 32 heavy (non-hydrogen) atoms. The third-order valence-electron chi connectivity index (χ3n) is 5.34. The van der Waals surface area contributed by atoms with E-state index in [-0.39, 0.29) is 30.4 Å². The van der Waals surface area contributed by atoms with Gasteiger partial charge in [-0.1, -0.05) is 0 Å². The molecule has 172 valence electrons. The molecule has 0 N–H and O–H groups in total. The molecular formula is C21H23NO9S. The monoisotopic (exact) mass is 465 g/mol. The lowest BCUT2D eigenvalue weighted by atomic mass is 9.98. The van der Waals surface area contributed by atoms with Crippen LogP contribution >= 0.6 is 0 Å². The first-order chi connectivity index (χ1) is 15.4. The van der Waals surface area contributed by atoms with Crippen LogP contribution in [0.3, 0.4) is 0 Å². The van der Waals surface area contributed by atoms with Crippen molar-refractivity contribution in [1.29, 1.82) is 0 Å². The van der Waals surface area contributed by atoms with Crippen LogP contribution in [0.1, 0.15) is 29.2 Å². The molecule has 0 unspecified atom stereocenters. The van der Waals surface area contributed by atoms with Crippen LogP contribution in [-0.2, 0) is 30.9 Å². The maximum absolute atomic E-state index is 13.0. The predicted octanol–water partition coefficient (Wildman–Crippen LogP) is 1.98. The Balaban J connectivity index is 1.31. The molecule has 0 saturated carbocycles. The van der Waals surface area contributed by atoms with E-state index in [1.54, 1.807) is 6.07 Å². The fourth-order valence-electron chi connectivity index (χ4n) is 3.59. The number of methoxy groups -OCH3 is 1. The number of nitrogens with zero attached hydrogens (tertiary/aromatic N) is 1. The van der Waals surface area contributed by atoms with Crippen molar-refractivity contribution in [2.45, 2.75) is 24.3 Å². The summed E-state index contributed by atoms with van der Waals surface area (Å²) >= 11 is 0. The van der Waals surface area contributed by atoms with E-state index < -0.39 is 27.9 Å². The van der Waals surface area contributed by atoms with Gasteiger partial charge in [0, 0.05) is 19.2 Å². The molecule has 2 aromatic rings. The lowest BCUT2D eigenvalue weighted by Gasteiger charge is -2.30. The Morgan fingerprint density at radius 3 is 2.50 bits per heavy atom. The number of furan rings is 1. The van der Waals surface area contributed by atoms with E-state index in [0.29, 0.717) is 43.3 Å². The molecule has 1 aromatic heterocycles. The molecule has 4 rings (SSSR count). The maximum atomic E-state index is 13.0. The van der Waals surface area contributed by atoms with Crippen LogP contribution in [0.2, 0.25) is 0 Å². The van der Waals surface area contributed by atoms with Crippen LogP contribution in [0.5, 0.6) is 11.5 Å². The van der Waals surface area contributed by atoms with Crippen LogP contribution in [0.25, 0.3) is 0 Å². The molecule has 0 spiro atoms. The maximum Gasteiger partial charge on any atom is 0.373 e. The van der Waals surface area contributed by atoms with Crippen LogP contribution in [-0.4, -0.2) is 58.1 Å². The van der Waals surface area contributed by atoms with E-state index in [1.807, 2.05) is 0 Å². The van der Waals surface area contributed by atoms with E-state index in [4.69, 9.17) is 18.6 Å².